The summed E-state index contributed by atoms with van der Waals surface area (Å²) in [6, 6.07) is 6.14. The molecule has 0 bridgehead atoms. The molecule has 0 atom stereocenters. The summed E-state index contributed by atoms with van der Waals surface area (Å²) in [7, 11) is -1.95. The van der Waals surface area contributed by atoms with Crippen LogP contribution in [0.3, 0.4) is 0 Å². The summed E-state index contributed by atoms with van der Waals surface area (Å²) in [6.07, 6.45) is 0. The number of hydrogen-bond acceptors (Lipinski definition) is 4. The van der Waals surface area contributed by atoms with Crippen molar-refractivity contribution in [3.05, 3.63) is 44.2 Å². The molecule has 9 heteroatoms. The van der Waals surface area contributed by atoms with E-state index in [0.717, 1.165) is 4.88 Å². The van der Waals surface area contributed by atoms with Crippen LogP contribution in [0.1, 0.15) is 4.88 Å². The number of anilines is 1. The predicted molar refractivity (Wildman–Crippen MR) is 89.4 cm³/mol. The highest BCUT2D eigenvalue weighted by Gasteiger charge is 2.20. The van der Waals surface area contributed by atoms with Gasteiger partial charge in [-0.25, -0.2) is 8.42 Å². The molecule has 0 aliphatic carbocycles. The quantitative estimate of drug-likeness (QED) is 0.810. The number of thiophene rings is 1. The highest BCUT2D eigenvalue weighted by molar-refractivity contribution is 7.94. The molecule has 2 N–H and O–H groups in total. The van der Waals surface area contributed by atoms with E-state index in [4.69, 9.17) is 34.8 Å². The van der Waals surface area contributed by atoms with Crippen LogP contribution in [-0.2, 0) is 16.6 Å². The van der Waals surface area contributed by atoms with E-state index in [2.05, 4.69) is 10.0 Å². The second-order valence-electron chi connectivity index (χ2n) is 4.10. The summed E-state index contributed by atoms with van der Waals surface area (Å²) in [5.74, 6) is 0. The Morgan fingerprint density at radius 3 is 2.33 bits per heavy atom. The summed E-state index contributed by atoms with van der Waals surface area (Å²) in [4.78, 5) is 0.908. The van der Waals surface area contributed by atoms with E-state index in [9.17, 15) is 8.42 Å². The SMILES string of the molecule is CNCc1ccc(S(=O)(=O)Nc2c(Cl)cc(Cl)cc2Cl)s1. The van der Waals surface area contributed by atoms with Crippen LogP contribution in [0.5, 0.6) is 0 Å². The molecule has 4 nitrogen and oxygen atoms in total. The van der Waals surface area contributed by atoms with Crippen LogP contribution in [0.4, 0.5) is 5.69 Å². The lowest BCUT2D eigenvalue weighted by molar-refractivity contribution is 0.603. The molecule has 0 aliphatic rings. The number of rotatable bonds is 5. The van der Waals surface area contributed by atoms with Gasteiger partial charge in [0.2, 0.25) is 0 Å². The number of sulfonamides is 1. The van der Waals surface area contributed by atoms with Gasteiger partial charge < -0.3 is 5.32 Å². The van der Waals surface area contributed by atoms with Crippen molar-refractivity contribution in [2.45, 2.75) is 10.8 Å². The summed E-state index contributed by atoms with van der Waals surface area (Å²) in [6.45, 7) is 0.600. The lowest BCUT2D eigenvalue weighted by Gasteiger charge is -2.10. The molecule has 0 unspecified atom stereocenters. The molecule has 0 aliphatic heterocycles. The molecular formula is C12H11Cl3N2O2S2. The first-order chi connectivity index (χ1) is 9.83. The molecule has 0 fully saturated rings. The monoisotopic (exact) mass is 384 g/mol. The van der Waals surface area contributed by atoms with Gasteiger partial charge in [-0.05, 0) is 31.3 Å². The minimum atomic E-state index is -3.74. The van der Waals surface area contributed by atoms with E-state index in [-0.39, 0.29) is 19.9 Å². The first-order valence-corrected chi connectivity index (χ1v) is 9.17. The van der Waals surface area contributed by atoms with Crippen LogP contribution in [0.2, 0.25) is 15.1 Å². The highest BCUT2D eigenvalue weighted by atomic mass is 35.5. The maximum absolute atomic E-state index is 12.3. The molecule has 21 heavy (non-hydrogen) atoms. The van der Waals surface area contributed by atoms with E-state index in [1.54, 1.807) is 13.1 Å². The Balaban J connectivity index is 2.33. The Morgan fingerprint density at radius 2 is 1.76 bits per heavy atom. The lowest BCUT2D eigenvalue weighted by atomic mass is 10.3. The van der Waals surface area contributed by atoms with E-state index >= 15 is 0 Å². The van der Waals surface area contributed by atoms with Gasteiger partial charge in [-0.1, -0.05) is 34.8 Å². The Labute approximate surface area is 142 Å². The van der Waals surface area contributed by atoms with Crippen molar-refractivity contribution >= 4 is 61.9 Å². The Morgan fingerprint density at radius 1 is 1.14 bits per heavy atom. The largest absolute Gasteiger partial charge is 0.315 e. The zero-order valence-electron chi connectivity index (χ0n) is 10.8. The van der Waals surface area contributed by atoms with Crippen LogP contribution in [0.15, 0.2) is 28.5 Å². The average Bonchev–Trinajstić information content (AvgIpc) is 2.84. The molecule has 0 radical (unpaired) electrons. The molecule has 2 aromatic rings. The molecule has 2 rings (SSSR count). The first kappa shape index (κ1) is 16.9. The molecule has 1 aromatic heterocycles. The summed E-state index contributed by atoms with van der Waals surface area (Å²) in [5.41, 5.74) is 0.117. The van der Waals surface area contributed by atoms with Gasteiger partial charge in [0.1, 0.15) is 4.21 Å². The number of hydrogen-bond donors (Lipinski definition) is 2. The molecule has 0 amide bonds. The molecule has 1 heterocycles. The Kier molecular flexibility index (Phi) is 5.40. The topological polar surface area (TPSA) is 58.2 Å². The van der Waals surface area contributed by atoms with Gasteiger partial charge in [-0.2, -0.15) is 0 Å². The fourth-order valence-corrected chi connectivity index (χ4v) is 5.09. The van der Waals surface area contributed by atoms with Crippen LogP contribution in [0.25, 0.3) is 0 Å². The van der Waals surface area contributed by atoms with Crippen LogP contribution >= 0.6 is 46.1 Å². The third-order valence-corrected chi connectivity index (χ3v) is 6.24. The Bertz CT molecular complexity index is 737. The van der Waals surface area contributed by atoms with Crippen LogP contribution < -0.4 is 10.0 Å². The van der Waals surface area contributed by atoms with E-state index in [1.165, 1.54) is 29.5 Å². The van der Waals surface area contributed by atoms with Gasteiger partial charge in [-0.15, -0.1) is 11.3 Å². The highest BCUT2D eigenvalue weighted by Crippen LogP contribution is 2.35. The Hall–Kier alpha value is -0.500. The zero-order chi connectivity index (χ0) is 15.6. The van der Waals surface area contributed by atoms with E-state index < -0.39 is 10.0 Å². The standard InChI is InChI=1S/C12H11Cl3N2O2S2/c1-16-6-8-2-3-11(20-8)21(18,19)17-12-9(14)4-7(13)5-10(12)15/h2-5,16-17H,6H2,1H3. The maximum Gasteiger partial charge on any atom is 0.271 e. The molecule has 0 spiro atoms. The van der Waals surface area contributed by atoms with E-state index in [0.29, 0.717) is 11.6 Å². The lowest BCUT2D eigenvalue weighted by Crippen LogP contribution is -2.12. The summed E-state index contributed by atoms with van der Waals surface area (Å²) >= 11 is 18.9. The molecule has 0 saturated heterocycles. The van der Waals surface area contributed by atoms with Crippen LogP contribution in [-0.4, -0.2) is 15.5 Å². The number of nitrogens with one attached hydrogen (secondary N) is 2. The second-order valence-corrected chi connectivity index (χ2v) is 8.43. The minimum absolute atomic E-state index is 0.117. The molecular weight excluding hydrogens is 375 g/mol. The second kappa shape index (κ2) is 6.73. The maximum atomic E-state index is 12.3. The van der Waals surface area contributed by atoms with Crippen molar-refractivity contribution in [1.29, 1.82) is 0 Å². The van der Waals surface area contributed by atoms with Gasteiger partial charge in [0.15, 0.2) is 0 Å². The smallest absolute Gasteiger partial charge is 0.271 e. The van der Waals surface area contributed by atoms with Crippen molar-refractivity contribution in [1.82, 2.24) is 5.32 Å². The van der Waals surface area contributed by atoms with Crippen molar-refractivity contribution < 1.29 is 8.42 Å². The summed E-state index contributed by atoms with van der Waals surface area (Å²) < 4.78 is 27.3. The fraction of sp³-hybridized carbons (Fsp3) is 0.167. The van der Waals surface area contributed by atoms with Crippen molar-refractivity contribution in [2.24, 2.45) is 0 Å². The third-order valence-electron chi connectivity index (χ3n) is 2.50. The van der Waals surface area contributed by atoms with Crippen molar-refractivity contribution in [3.8, 4) is 0 Å². The predicted octanol–water partition coefficient (Wildman–Crippen LogP) is 4.23. The van der Waals surface area contributed by atoms with Gasteiger partial charge >= 0.3 is 0 Å². The van der Waals surface area contributed by atoms with Crippen molar-refractivity contribution in [3.63, 3.8) is 0 Å². The zero-order valence-corrected chi connectivity index (χ0v) is 14.7. The average molecular weight is 386 g/mol. The van der Waals surface area contributed by atoms with Crippen molar-refractivity contribution in [2.75, 3.05) is 11.8 Å². The van der Waals surface area contributed by atoms with Gasteiger partial charge in [0.05, 0.1) is 15.7 Å². The minimum Gasteiger partial charge on any atom is -0.315 e. The normalized spacial score (nSPS) is 11.6. The van der Waals surface area contributed by atoms with E-state index in [1.807, 2.05) is 0 Å². The van der Waals surface area contributed by atoms with Gasteiger partial charge in [0, 0.05) is 16.4 Å². The van der Waals surface area contributed by atoms with Gasteiger partial charge in [-0.3, -0.25) is 4.72 Å². The first-order valence-electron chi connectivity index (χ1n) is 5.74. The number of halogens is 3. The molecule has 114 valence electrons. The summed E-state index contributed by atoms with van der Waals surface area (Å²) in [5, 5.41) is 3.58. The molecule has 1 aromatic carbocycles. The molecule has 0 saturated carbocycles. The third kappa shape index (κ3) is 4.03. The number of benzene rings is 1. The van der Waals surface area contributed by atoms with Gasteiger partial charge in [0.25, 0.3) is 10.0 Å². The fourth-order valence-electron chi connectivity index (χ4n) is 1.60. The van der Waals surface area contributed by atoms with Crippen LogP contribution in [0, 0.1) is 0 Å².